The maximum absolute atomic E-state index is 12.4. The second-order valence-corrected chi connectivity index (χ2v) is 4.94. The number of carbonyl (C=O) groups is 1. The molecule has 1 aromatic heterocycles. The molecule has 0 atom stereocenters. The maximum atomic E-state index is 12.4. The first-order valence-corrected chi connectivity index (χ1v) is 6.51. The van der Waals surface area contributed by atoms with E-state index in [-0.39, 0.29) is 12.3 Å². The van der Waals surface area contributed by atoms with Gasteiger partial charge in [-0.05, 0) is 25.0 Å². The van der Waals surface area contributed by atoms with Crippen molar-refractivity contribution in [2.24, 2.45) is 0 Å². The summed E-state index contributed by atoms with van der Waals surface area (Å²) in [4.78, 5) is 12.2. The van der Waals surface area contributed by atoms with Crippen molar-refractivity contribution in [2.75, 3.05) is 19.8 Å². The highest BCUT2D eigenvalue weighted by atomic mass is 19.3. The summed E-state index contributed by atoms with van der Waals surface area (Å²) in [5.41, 5.74) is -0.556. The van der Waals surface area contributed by atoms with E-state index in [9.17, 15) is 18.7 Å². The Balaban J connectivity index is 2.09. The van der Waals surface area contributed by atoms with E-state index in [2.05, 4.69) is 5.32 Å². The van der Waals surface area contributed by atoms with E-state index >= 15 is 0 Å². The van der Waals surface area contributed by atoms with Gasteiger partial charge in [0.2, 0.25) is 0 Å². The van der Waals surface area contributed by atoms with Crippen LogP contribution in [0, 0.1) is 0 Å². The van der Waals surface area contributed by atoms with Gasteiger partial charge in [-0.2, -0.15) is 0 Å². The first-order chi connectivity index (χ1) is 9.56. The minimum absolute atomic E-state index is 0.171. The van der Waals surface area contributed by atoms with Gasteiger partial charge in [-0.15, -0.1) is 0 Å². The van der Waals surface area contributed by atoms with Gasteiger partial charge in [0.1, 0.15) is 5.69 Å². The van der Waals surface area contributed by atoms with Gasteiger partial charge in [0.25, 0.3) is 12.3 Å². The number of amides is 1. The van der Waals surface area contributed by atoms with Gasteiger partial charge in [0, 0.05) is 19.4 Å². The van der Waals surface area contributed by atoms with Crippen molar-refractivity contribution >= 4 is 5.91 Å². The number of hydrogen-bond donors (Lipinski definition) is 2. The molecule has 0 bridgehead atoms. The van der Waals surface area contributed by atoms with Crippen LogP contribution < -0.4 is 5.32 Å². The van der Waals surface area contributed by atoms with Gasteiger partial charge < -0.3 is 19.7 Å². The third-order valence-electron chi connectivity index (χ3n) is 3.53. The number of aliphatic hydroxyl groups excluding tert-OH is 1. The molecule has 0 aliphatic carbocycles. The molecule has 0 saturated carbocycles. The molecule has 1 aliphatic rings. The van der Waals surface area contributed by atoms with Crippen molar-refractivity contribution in [3.8, 4) is 0 Å². The molecule has 112 valence electrons. The standard InChI is InChI=1S/C13H18F2N2O3/c14-11(15)8-17-5-1-2-10(17)12(19)16-13(9-18)3-6-20-7-4-13/h1-2,5,11,18H,3-4,6-9H2,(H,16,19). The van der Waals surface area contributed by atoms with E-state index in [1.165, 1.54) is 16.8 Å². The van der Waals surface area contributed by atoms with Gasteiger partial charge in [0.15, 0.2) is 0 Å². The normalized spacial score (nSPS) is 18.2. The molecular weight excluding hydrogens is 270 g/mol. The highest BCUT2D eigenvalue weighted by Gasteiger charge is 2.34. The van der Waals surface area contributed by atoms with Crippen molar-refractivity contribution in [2.45, 2.75) is 31.4 Å². The van der Waals surface area contributed by atoms with Gasteiger partial charge in [-0.3, -0.25) is 4.79 Å². The Bertz CT molecular complexity index is 456. The number of halogens is 2. The summed E-state index contributed by atoms with van der Waals surface area (Å²) >= 11 is 0. The summed E-state index contributed by atoms with van der Waals surface area (Å²) in [5, 5.41) is 12.3. The average Bonchev–Trinajstić information content (AvgIpc) is 2.87. The Hall–Kier alpha value is -1.47. The zero-order valence-corrected chi connectivity index (χ0v) is 11.0. The second kappa shape index (κ2) is 6.32. The van der Waals surface area contributed by atoms with Crippen molar-refractivity contribution in [3.63, 3.8) is 0 Å². The van der Waals surface area contributed by atoms with Crippen LogP contribution in [0.3, 0.4) is 0 Å². The summed E-state index contributed by atoms with van der Waals surface area (Å²) in [7, 11) is 0. The monoisotopic (exact) mass is 288 g/mol. The fourth-order valence-corrected chi connectivity index (χ4v) is 2.32. The first kappa shape index (κ1) is 14.9. The predicted octanol–water partition coefficient (Wildman–Crippen LogP) is 1.02. The molecule has 0 unspecified atom stereocenters. The van der Waals surface area contributed by atoms with Crippen LogP contribution in [0.1, 0.15) is 23.3 Å². The van der Waals surface area contributed by atoms with E-state index in [1.54, 1.807) is 6.07 Å². The summed E-state index contributed by atoms with van der Waals surface area (Å²) in [6.45, 7) is 0.195. The number of aliphatic hydroxyl groups is 1. The molecule has 2 rings (SSSR count). The Labute approximate surface area is 115 Å². The highest BCUT2D eigenvalue weighted by molar-refractivity contribution is 5.93. The van der Waals surface area contributed by atoms with Crippen LogP contribution in [0.5, 0.6) is 0 Å². The van der Waals surface area contributed by atoms with E-state index in [0.717, 1.165) is 0 Å². The number of alkyl halides is 2. The third-order valence-corrected chi connectivity index (χ3v) is 3.53. The second-order valence-electron chi connectivity index (χ2n) is 4.94. The lowest BCUT2D eigenvalue weighted by atomic mass is 9.91. The van der Waals surface area contributed by atoms with Gasteiger partial charge in [0.05, 0.1) is 18.7 Å². The minimum atomic E-state index is -2.52. The smallest absolute Gasteiger partial charge is 0.268 e. The molecule has 5 nitrogen and oxygen atoms in total. The number of aromatic nitrogens is 1. The van der Waals surface area contributed by atoms with E-state index in [0.29, 0.717) is 26.1 Å². The number of rotatable bonds is 5. The molecule has 1 aromatic rings. The van der Waals surface area contributed by atoms with Crippen LogP contribution in [0.2, 0.25) is 0 Å². The summed E-state index contributed by atoms with van der Waals surface area (Å²) in [5.74, 6) is -0.452. The predicted molar refractivity (Wildman–Crippen MR) is 67.8 cm³/mol. The summed E-state index contributed by atoms with van der Waals surface area (Å²) < 4.78 is 31.3. The Morgan fingerprint density at radius 2 is 2.20 bits per heavy atom. The molecular formula is C13H18F2N2O3. The Kier molecular flexibility index (Phi) is 4.72. The van der Waals surface area contributed by atoms with E-state index in [4.69, 9.17) is 4.74 Å². The SMILES string of the molecule is O=C(NC1(CO)CCOCC1)c1cccn1CC(F)F. The molecule has 7 heteroatoms. The lowest BCUT2D eigenvalue weighted by molar-refractivity contribution is 0.0123. The van der Waals surface area contributed by atoms with Crippen molar-refractivity contribution < 1.29 is 23.4 Å². The quantitative estimate of drug-likeness (QED) is 0.850. The molecule has 0 aromatic carbocycles. The molecule has 20 heavy (non-hydrogen) atoms. The molecule has 0 spiro atoms. The zero-order valence-electron chi connectivity index (χ0n) is 11.0. The summed E-state index contributed by atoms with van der Waals surface area (Å²) in [6.07, 6.45) is -0.0736. The first-order valence-electron chi connectivity index (χ1n) is 6.51. The fraction of sp³-hybridized carbons (Fsp3) is 0.615. The van der Waals surface area contributed by atoms with Crippen LogP contribution in [-0.4, -0.2) is 47.4 Å². The van der Waals surface area contributed by atoms with Gasteiger partial charge in [-0.25, -0.2) is 8.78 Å². The van der Waals surface area contributed by atoms with E-state index < -0.39 is 24.4 Å². The minimum Gasteiger partial charge on any atom is -0.394 e. The molecule has 1 amide bonds. The van der Waals surface area contributed by atoms with Crippen LogP contribution in [0.4, 0.5) is 8.78 Å². The largest absolute Gasteiger partial charge is 0.394 e. The molecule has 1 aliphatic heterocycles. The molecule has 1 saturated heterocycles. The number of carbonyl (C=O) groups excluding carboxylic acids is 1. The van der Waals surface area contributed by atoms with Crippen LogP contribution >= 0.6 is 0 Å². The fourth-order valence-electron chi connectivity index (χ4n) is 2.32. The lowest BCUT2D eigenvalue weighted by Gasteiger charge is -2.36. The number of nitrogens with zero attached hydrogens (tertiary/aromatic N) is 1. The van der Waals surface area contributed by atoms with Crippen LogP contribution in [-0.2, 0) is 11.3 Å². The Morgan fingerprint density at radius 1 is 1.50 bits per heavy atom. The number of nitrogens with one attached hydrogen (secondary N) is 1. The zero-order chi connectivity index (χ0) is 14.6. The average molecular weight is 288 g/mol. The van der Waals surface area contributed by atoms with Gasteiger partial charge >= 0.3 is 0 Å². The van der Waals surface area contributed by atoms with E-state index in [1.807, 2.05) is 0 Å². The highest BCUT2D eigenvalue weighted by Crippen LogP contribution is 2.21. The number of ether oxygens (including phenoxy) is 1. The van der Waals surface area contributed by atoms with Gasteiger partial charge in [-0.1, -0.05) is 0 Å². The molecule has 1 fully saturated rings. The topological polar surface area (TPSA) is 63.5 Å². The lowest BCUT2D eigenvalue weighted by Crippen LogP contribution is -2.54. The van der Waals surface area contributed by atoms with Crippen molar-refractivity contribution in [1.29, 1.82) is 0 Å². The summed E-state index contributed by atoms with van der Waals surface area (Å²) in [6, 6.07) is 3.04. The van der Waals surface area contributed by atoms with Crippen molar-refractivity contribution in [1.82, 2.24) is 9.88 Å². The van der Waals surface area contributed by atoms with Crippen LogP contribution in [0.25, 0.3) is 0 Å². The maximum Gasteiger partial charge on any atom is 0.268 e. The third kappa shape index (κ3) is 3.34. The van der Waals surface area contributed by atoms with Crippen LogP contribution in [0.15, 0.2) is 18.3 Å². The molecule has 2 N–H and O–H groups in total. The molecule has 2 heterocycles. The Morgan fingerprint density at radius 3 is 2.80 bits per heavy atom. The molecule has 0 radical (unpaired) electrons. The van der Waals surface area contributed by atoms with Crippen molar-refractivity contribution in [3.05, 3.63) is 24.0 Å². The number of hydrogen-bond acceptors (Lipinski definition) is 3.